The highest BCUT2D eigenvalue weighted by atomic mass is 79.9. The SMILES string of the molecule is CC(C)(C)OC(=O)N[C@H]1[C@@H]2CN(CCc3ccc(Br)cc3)C[C@@H]21. The molecule has 0 spiro atoms. The molecule has 1 heterocycles. The van der Waals surface area contributed by atoms with E-state index in [2.05, 4.69) is 50.4 Å². The Morgan fingerprint density at radius 3 is 2.43 bits per heavy atom. The number of halogens is 1. The van der Waals surface area contributed by atoms with Gasteiger partial charge >= 0.3 is 6.09 Å². The van der Waals surface area contributed by atoms with Crippen LogP contribution >= 0.6 is 15.9 Å². The maximum Gasteiger partial charge on any atom is 0.407 e. The molecule has 2 fully saturated rings. The van der Waals surface area contributed by atoms with Crippen molar-refractivity contribution < 1.29 is 9.53 Å². The second-order valence-electron chi connectivity index (χ2n) is 7.64. The standard InChI is InChI=1S/C18H25BrN2O2/c1-18(2,3)23-17(22)20-16-14-10-21(11-15(14)16)9-8-12-4-6-13(19)7-5-12/h4-7,14-16H,8-11H2,1-3H3,(H,20,22)/t14-,15+,16+. The number of hydrogen-bond acceptors (Lipinski definition) is 3. The molecule has 0 unspecified atom stereocenters. The number of benzene rings is 1. The predicted octanol–water partition coefficient (Wildman–Crippen LogP) is 3.45. The summed E-state index contributed by atoms with van der Waals surface area (Å²) in [6.07, 6.45) is 0.801. The lowest BCUT2D eigenvalue weighted by molar-refractivity contribution is 0.0514. The third kappa shape index (κ3) is 4.48. The van der Waals surface area contributed by atoms with Crippen LogP contribution in [0.2, 0.25) is 0 Å². The van der Waals surface area contributed by atoms with Crippen molar-refractivity contribution in [3.05, 3.63) is 34.3 Å². The highest BCUT2D eigenvalue weighted by Gasteiger charge is 2.56. The van der Waals surface area contributed by atoms with E-state index in [0.29, 0.717) is 17.9 Å². The number of alkyl carbamates (subject to hydrolysis) is 1. The molecule has 0 radical (unpaired) electrons. The van der Waals surface area contributed by atoms with Gasteiger partial charge in [0.15, 0.2) is 0 Å². The summed E-state index contributed by atoms with van der Waals surface area (Å²) in [6.45, 7) is 8.94. The fraction of sp³-hybridized carbons (Fsp3) is 0.611. The summed E-state index contributed by atoms with van der Waals surface area (Å²) in [5.74, 6) is 1.21. The van der Waals surface area contributed by atoms with Gasteiger partial charge in [0.05, 0.1) is 0 Å². The number of fused-ring (bicyclic) bond motifs is 1. The van der Waals surface area contributed by atoms with Crippen LogP contribution in [0.4, 0.5) is 4.79 Å². The normalized spacial score (nSPS) is 26.7. The number of nitrogens with one attached hydrogen (secondary N) is 1. The van der Waals surface area contributed by atoms with E-state index in [0.717, 1.165) is 30.5 Å². The fourth-order valence-corrected chi connectivity index (χ4v) is 3.66. The number of hydrogen-bond donors (Lipinski definition) is 1. The molecule has 1 aromatic rings. The van der Waals surface area contributed by atoms with Crippen LogP contribution in [0.5, 0.6) is 0 Å². The highest BCUT2D eigenvalue weighted by Crippen LogP contribution is 2.45. The number of likely N-dealkylation sites (tertiary alicyclic amines) is 1. The van der Waals surface area contributed by atoms with Gasteiger partial charge in [-0.3, -0.25) is 0 Å². The van der Waals surface area contributed by atoms with Crippen molar-refractivity contribution in [1.29, 1.82) is 0 Å². The summed E-state index contributed by atoms with van der Waals surface area (Å²) >= 11 is 3.47. The van der Waals surface area contributed by atoms with E-state index in [4.69, 9.17) is 4.74 Å². The van der Waals surface area contributed by atoms with E-state index >= 15 is 0 Å². The first-order valence-electron chi connectivity index (χ1n) is 8.28. The lowest BCUT2D eigenvalue weighted by Gasteiger charge is -2.22. The van der Waals surface area contributed by atoms with Crippen LogP contribution < -0.4 is 5.32 Å². The van der Waals surface area contributed by atoms with Crippen LogP contribution in [-0.4, -0.2) is 42.3 Å². The summed E-state index contributed by atoms with van der Waals surface area (Å²) in [4.78, 5) is 14.3. The van der Waals surface area contributed by atoms with Crippen molar-refractivity contribution in [2.45, 2.75) is 38.8 Å². The minimum absolute atomic E-state index is 0.279. The zero-order valence-electron chi connectivity index (χ0n) is 14.0. The van der Waals surface area contributed by atoms with Gasteiger partial charge < -0.3 is 15.0 Å². The van der Waals surface area contributed by atoms with Crippen LogP contribution in [0.15, 0.2) is 28.7 Å². The van der Waals surface area contributed by atoms with Gasteiger partial charge in [0.1, 0.15) is 5.60 Å². The topological polar surface area (TPSA) is 41.6 Å². The Morgan fingerprint density at radius 2 is 1.87 bits per heavy atom. The molecule has 4 nitrogen and oxygen atoms in total. The van der Waals surface area contributed by atoms with Crippen molar-refractivity contribution in [1.82, 2.24) is 10.2 Å². The predicted molar refractivity (Wildman–Crippen MR) is 94.4 cm³/mol. The van der Waals surface area contributed by atoms with E-state index < -0.39 is 5.60 Å². The van der Waals surface area contributed by atoms with Crippen LogP contribution in [0.1, 0.15) is 26.3 Å². The fourth-order valence-electron chi connectivity index (χ4n) is 3.39. The summed E-state index contributed by atoms with van der Waals surface area (Å²) in [7, 11) is 0. The molecule has 0 aromatic heterocycles. The molecule has 1 N–H and O–H groups in total. The zero-order valence-corrected chi connectivity index (χ0v) is 15.6. The van der Waals surface area contributed by atoms with Crippen LogP contribution in [0.25, 0.3) is 0 Å². The van der Waals surface area contributed by atoms with Crippen molar-refractivity contribution in [3.8, 4) is 0 Å². The molecular weight excluding hydrogens is 356 g/mol. The van der Waals surface area contributed by atoms with Gasteiger partial charge in [-0.25, -0.2) is 4.79 Å². The largest absolute Gasteiger partial charge is 0.444 e. The van der Waals surface area contributed by atoms with Gasteiger partial charge in [0, 0.05) is 30.1 Å². The van der Waals surface area contributed by atoms with Gasteiger partial charge in [0.2, 0.25) is 0 Å². The van der Waals surface area contributed by atoms with Crippen molar-refractivity contribution >= 4 is 22.0 Å². The Labute approximate surface area is 146 Å². The monoisotopic (exact) mass is 380 g/mol. The molecule has 1 saturated carbocycles. The van der Waals surface area contributed by atoms with Gasteiger partial charge in [-0.2, -0.15) is 0 Å². The summed E-state index contributed by atoms with van der Waals surface area (Å²) in [5, 5.41) is 3.02. The Morgan fingerprint density at radius 1 is 1.26 bits per heavy atom. The summed E-state index contributed by atoms with van der Waals surface area (Å²) < 4.78 is 6.45. The minimum Gasteiger partial charge on any atom is -0.444 e. The van der Waals surface area contributed by atoms with Gasteiger partial charge in [-0.1, -0.05) is 28.1 Å². The van der Waals surface area contributed by atoms with E-state index in [9.17, 15) is 4.79 Å². The third-order valence-corrected chi connectivity index (χ3v) is 5.11. The Bertz CT molecular complexity index is 555. The van der Waals surface area contributed by atoms with Crippen molar-refractivity contribution in [3.63, 3.8) is 0 Å². The molecule has 3 atom stereocenters. The Kier molecular flexibility index (Phi) is 4.70. The molecule has 126 valence electrons. The van der Waals surface area contributed by atoms with Crippen LogP contribution in [0, 0.1) is 11.8 Å². The number of ether oxygens (including phenoxy) is 1. The van der Waals surface area contributed by atoms with Gasteiger partial charge in [-0.15, -0.1) is 0 Å². The Balaban J connectivity index is 1.38. The highest BCUT2D eigenvalue weighted by molar-refractivity contribution is 9.10. The molecule has 5 heteroatoms. The lowest BCUT2D eigenvalue weighted by atomic mass is 10.1. The maximum atomic E-state index is 11.8. The molecule has 1 aliphatic heterocycles. The first-order valence-corrected chi connectivity index (χ1v) is 9.07. The van der Waals surface area contributed by atoms with E-state index in [1.54, 1.807) is 0 Å². The van der Waals surface area contributed by atoms with E-state index in [-0.39, 0.29) is 6.09 Å². The molecular formula is C18H25BrN2O2. The van der Waals surface area contributed by atoms with E-state index in [1.807, 2.05) is 20.8 Å². The minimum atomic E-state index is -0.426. The number of rotatable bonds is 4. The molecule has 1 aliphatic carbocycles. The number of amides is 1. The number of carbonyl (C=O) groups is 1. The molecule has 1 saturated heterocycles. The van der Waals surface area contributed by atoms with Crippen molar-refractivity contribution in [2.75, 3.05) is 19.6 Å². The number of nitrogens with zero attached hydrogens (tertiary/aromatic N) is 1. The maximum absolute atomic E-state index is 11.8. The zero-order chi connectivity index (χ0) is 16.6. The van der Waals surface area contributed by atoms with E-state index in [1.165, 1.54) is 5.56 Å². The molecule has 1 amide bonds. The lowest BCUT2D eigenvalue weighted by Crippen LogP contribution is -2.38. The smallest absolute Gasteiger partial charge is 0.407 e. The van der Waals surface area contributed by atoms with Crippen LogP contribution in [-0.2, 0) is 11.2 Å². The Hall–Kier alpha value is -1.07. The molecule has 2 aliphatic rings. The molecule has 1 aromatic carbocycles. The number of carbonyl (C=O) groups excluding carboxylic acids is 1. The van der Waals surface area contributed by atoms with Gasteiger partial charge in [0.25, 0.3) is 0 Å². The van der Waals surface area contributed by atoms with Crippen molar-refractivity contribution in [2.24, 2.45) is 11.8 Å². The van der Waals surface area contributed by atoms with Gasteiger partial charge in [-0.05, 0) is 56.7 Å². The summed E-state index contributed by atoms with van der Waals surface area (Å²) in [6, 6.07) is 8.85. The molecule has 23 heavy (non-hydrogen) atoms. The first kappa shape index (κ1) is 16.8. The van der Waals surface area contributed by atoms with Crippen LogP contribution in [0.3, 0.4) is 0 Å². The second-order valence-corrected chi connectivity index (χ2v) is 8.55. The average molecular weight is 381 g/mol. The first-order chi connectivity index (χ1) is 10.8. The number of piperidine rings is 1. The molecule has 3 rings (SSSR count). The molecule has 0 bridgehead atoms. The second kappa shape index (κ2) is 6.44. The average Bonchev–Trinajstić information content (AvgIpc) is 2.90. The third-order valence-electron chi connectivity index (χ3n) is 4.58. The summed E-state index contributed by atoms with van der Waals surface area (Å²) in [5.41, 5.74) is 0.947. The quantitative estimate of drug-likeness (QED) is 0.869.